The summed E-state index contributed by atoms with van der Waals surface area (Å²) in [6.07, 6.45) is 3.69. The van der Waals surface area contributed by atoms with Gasteiger partial charge >= 0.3 is 0 Å². The van der Waals surface area contributed by atoms with E-state index in [1.54, 1.807) is 24.3 Å². The molecule has 2 unspecified atom stereocenters. The summed E-state index contributed by atoms with van der Waals surface area (Å²) in [7, 11) is 0. The first kappa shape index (κ1) is 80.8. The molecule has 2 aliphatic carbocycles. The summed E-state index contributed by atoms with van der Waals surface area (Å²) < 4.78 is 74.9. The second-order valence-corrected chi connectivity index (χ2v) is 33.4. The summed E-state index contributed by atoms with van der Waals surface area (Å²) in [6, 6.07) is 136. The molecule has 4 nitrogen and oxygen atoms in total. The van der Waals surface area contributed by atoms with Gasteiger partial charge < -0.3 is 19.3 Å². The zero-order chi connectivity index (χ0) is 87.3. The number of fused-ring (bicyclic) bond motifs is 6. The summed E-state index contributed by atoms with van der Waals surface area (Å²) in [6.45, 7) is 17.5. The Labute approximate surface area is 745 Å². The van der Waals surface area contributed by atoms with Gasteiger partial charge in [0.1, 0.15) is 48.0 Å². The maximum Gasteiger partial charge on any atom is 0.133 e. The van der Waals surface area contributed by atoms with Crippen molar-refractivity contribution in [3.8, 4) is 89.4 Å². The Morgan fingerprint density at radius 3 is 0.867 bits per heavy atom. The molecule has 18 aromatic carbocycles. The summed E-state index contributed by atoms with van der Waals surface area (Å²) >= 11 is 0. The van der Waals surface area contributed by atoms with Crippen LogP contribution < -0.4 is 19.3 Å². The molecule has 0 spiro atoms. The lowest BCUT2D eigenvalue weighted by atomic mass is 9.66. The number of nitrogens with zero attached hydrogens (tertiary/aromatic N) is 2. The highest BCUT2D eigenvalue weighted by Gasteiger charge is 2.49. The molecule has 0 saturated carbocycles. The molecule has 0 aromatic heterocycles. The fraction of sp³-hybridized carbons (Fsp3) is 0.0667. The van der Waals surface area contributed by atoms with Crippen molar-refractivity contribution in [1.82, 2.24) is 0 Å². The van der Waals surface area contributed by atoms with E-state index in [9.17, 15) is 0 Å². The van der Waals surface area contributed by atoms with E-state index in [1.165, 1.54) is 114 Å². The fourth-order valence-electron chi connectivity index (χ4n) is 19.4. The number of ether oxygens (including phenoxy) is 2. The van der Waals surface area contributed by atoms with Crippen molar-refractivity contribution in [2.45, 2.75) is 51.7 Å². The van der Waals surface area contributed by atoms with Gasteiger partial charge in [-0.15, -0.1) is 0 Å². The van der Waals surface area contributed by atoms with Gasteiger partial charge in [0.2, 0.25) is 0 Å². The smallest absolute Gasteiger partial charge is 0.133 e. The van der Waals surface area contributed by atoms with Crippen LogP contribution in [0.15, 0.2) is 414 Å². The van der Waals surface area contributed by atoms with Crippen LogP contribution in [0.5, 0.6) is 11.5 Å². The van der Waals surface area contributed by atoms with Gasteiger partial charge in [0.05, 0.1) is 22.0 Å². The van der Waals surface area contributed by atoms with E-state index >= 15 is 17.6 Å². The fourth-order valence-corrected chi connectivity index (χ4v) is 19.4. The van der Waals surface area contributed by atoms with Crippen molar-refractivity contribution in [3.05, 3.63) is 526 Å². The molecular weight excluding hydrogens is 1580 g/mol. The number of anilines is 6. The minimum Gasteiger partial charge on any atom is -0.489 e. The number of rotatable bonds is 23. The Bertz CT molecular complexity index is 6780. The Morgan fingerprint density at radius 1 is 0.258 bits per heavy atom. The monoisotopic (exact) mass is 1660 g/mol. The Morgan fingerprint density at radius 2 is 0.547 bits per heavy atom. The van der Waals surface area contributed by atoms with Crippen LogP contribution in [0.25, 0.3) is 90.0 Å². The molecule has 2 atom stereocenters. The van der Waals surface area contributed by atoms with Crippen LogP contribution in [0.1, 0.15) is 89.0 Å². The summed E-state index contributed by atoms with van der Waals surface area (Å²) in [5.41, 5.74) is 33.6. The second-order valence-electron chi connectivity index (χ2n) is 33.4. The Hall–Kier alpha value is -15.6. The highest BCUT2D eigenvalue weighted by atomic mass is 19.1. The van der Waals surface area contributed by atoms with Crippen molar-refractivity contribution < 1.29 is 27.0 Å². The van der Waals surface area contributed by atoms with E-state index in [0.717, 1.165) is 112 Å². The SMILES string of the molecule is C=Cc1ccc(COc2ccc(C3(c4cc(C)ccc4C)c4ccccc4-c4ccc(-c5ccc(N(c6ccc(-c7ccc(N(c8ccc(-c9ccc%10c(c9)C(c9ccc(OCc%11ccc(C=C)cc%11)cc9)(c9cc(C)ccc9C)c9ccccc9-%10)cc8)c8ccc(-c9c(F)cccc9F)cc8)cc7)cc6)c6ccc(-c7c(F)cccc7F)cc6)cc5)cc43)cc2)cc1. The highest BCUT2D eigenvalue weighted by Crippen LogP contribution is 2.60. The van der Waals surface area contributed by atoms with E-state index in [1.807, 2.05) is 36.4 Å². The molecule has 18 aromatic rings. The van der Waals surface area contributed by atoms with E-state index in [0.29, 0.717) is 24.3 Å². The first-order valence-corrected chi connectivity index (χ1v) is 43.2. The normalized spacial score (nSPS) is 14.0. The van der Waals surface area contributed by atoms with Gasteiger partial charge in [0.25, 0.3) is 0 Å². The number of halogens is 4. The zero-order valence-corrected chi connectivity index (χ0v) is 71.3. The summed E-state index contributed by atoms with van der Waals surface area (Å²) in [4.78, 5) is 4.33. The number of hydrogen-bond donors (Lipinski definition) is 0. The molecule has 0 bridgehead atoms. The second kappa shape index (κ2) is 33.8. The molecule has 0 radical (unpaired) electrons. The molecule has 0 amide bonds. The third kappa shape index (κ3) is 14.6. The first-order chi connectivity index (χ1) is 62.6. The van der Waals surface area contributed by atoms with Gasteiger partial charge in [0, 0.05) is 34.1 Å². The standard InChI is InChI=1S/C120H88F4N2O2/c1-7-81-27-31-83(32-28-81)75-127-101-65-49-93(50-66-101)119(109-71-77(3)23-25-79(109)5)107-17-11-9-15-103(107)105-69-47-91(73-111(105)119)87-39-57-97(58-40-87)125(99-61-43-89(44-62-99)117-113(121)19-13-20-114(117)122)95-53-35-85(36-54-95)86-37-55-96(56-38-86)126(100-63-45-90(46-64-100)118-115(123)21-14-22-116(118)124)98-59-41-88(42-60-98)92-48-70-106-104-16-10-12-18-108(104)120(112(106)74-92,110-72-78(4)24-26-80(110)6)94-51-67-102(68-52-94)128-76-84-33-29-82(8-2)30-34-84/h7-74H,1-2,75-76H2,3-6H3. The van der Waals surface area contributed by atoms with E-state index < -0.39 is 34.1 Å². The van der Waals surface area contributed by atoms with Gasteiger partial charge in [0.15, 0.2) is 0 Å². The first-order valence-electron chi connectivity index (χ1n) is 43.2. The van der Waals surface area contributed by atoms with E-state index in [4.69, 9.17) is 9.47 Å². The minimum atomic E-state index is -0.689. The van der Waals surface area contributed by atoms with Gasteiger partial charge in [-0.05, 0) is 306 Å². The lowest BCUT2D eigenvalue weighted by Crippen LogP contribution is -2.29. The molecule has 618 valence electrons. The van der Waals surface area contributed by atoms with Crippen molar-refractivity contribution in [3.63, 3.8) is 0 Å². The van der Waals surface area contributed by atoms with Crippen molar-refractivity contribution in [1.29, 1.82) is 0 Å². The molecule has 0 aliphatic heterocycles. The van der Waals surface area contributed by atoms with E-state index in [-0.39, 0.29) is 11.1 Å². The molecule has 0 fully saturated rings. The van der Waals surface area contributed by atoms with Gasteiger partial charge in [-0.3, -0.25) is 0 Å². The van der Waals surface area contributed by atoms with Gasteiger partial charge in [-0.25, -0.2) is 17.6 Å². The van der Waals surface area contributed by atoms with Gasteiger partial charge in [-0.2, -0.15) is 0 Å². The predicted octanol–water partition coefficient (Wildman–Crippen LogP) is 31.9. The number of aryl methyl sites for hydroxylation is 4. The van der Waals surface area contributed by atoms with Crippen LogP contribution in [-0.4, -0.2) is 0 Å². The minimum absolute atomic E-state index is 0.0875. The average Bonchev–Trinajstić information content (AvgIpc) is 1.53. The van der Waals surface area contributed by atoms with Crippen LogP contribution in [-0.2, 0) is 24.0 Å². The average molecular weight is 1670 g/mol. The lowest BCUT2D eigenvalue weighted by molar-refractivity contribution is 0.306. The largest absolute Gasteiger partial charge is 0.489 e. The molecule has 128 heavy (non-hydrogen) atoms. The van der Waals surface area contributed by atoms with Crippen LogP contribution in [0.4, 0.5) is 51.7 Å². The quantitative estimate of drug-likeness (QED) is 0.0596. The molecule has 0 saturated heterocycles. The number of hydrogen-bond acceptors (Lipinski definition) is 4. The van der Waals surface area contributed by atoms with Crippen LogP contribution in [0, 0.1) is 51.0 Å². The summed E-state index contributed by atoms with van der Waals surface area (Å²) in [5, 5.41) is 0. The molecule has 2 aliphatic rings. The lowest BCUT2D eigenvalue weighted by Gasteiger charge is -2.35. The third-order valence-electron chi connectivity index (χ3n) is 25.8. The predicted molar refractivity (Wildman–Crippen MR) is 518 cm³/mol. The van der Waals surface area contributed by atoms with Gasteiger partial charge in [-0.1, -0.05) is 303 Å². The van der Waals surface area contributed by atoms with Crippen molar-refractivity contribution >= 4 is 46.3 Å². The maximum absolute atomic E-state index is 15.5. The Balaban J connectivity index is 0.630. The topological polar surface area (TPSA) is 24.9 Å². The third-order valence-corrected chi connectivity index (χ3v) is 25.8. The molecule has 0 N–H and O–H groups in total. The zero-order valence-electron chi connectivity index (χ0n) is 71.3. The highest BCUT2D eigenvalue weighted by molar-refractivity contribution is 5.93. The Kier molecular flexibility index (Phi) is 21.3. The molecule has 20 rings (SSSR count). The number of benzene rings is 18. The summed E-state index contributed by atoms with van der Waals surface area (Å²) in [5.74, 6) is -0.996. The molecule has 8 heteroatoms. The van der Waals surface area contributed by atoms with Crippen LogP contribution in [0.2, 0.25) is 0 Å². The maximum atomic E-state index is 15.5. The van der Waals surface area contributed by atoms with Crippen molar-refractivity contribution in [2.75, 3.05) is 9.80 Å². The van der Waals surface area contributed by atoms with Crippen LogP contribution in [0.3, 0.4) is 0 Å². The van der Waals surface area contributed by atoms with Crippen molar-refractivity contribution in [2.24, 2.45) is 0 Å². The van der Waals surface area contributed by atoms with E-state index in [2.05, 4.69) is 366 Å². The molecule has 0 heterocycles. The van der Waals surface area contributed by atoms with Crippen LogP contribution >= 0.6 is 0 Å². The molecular formula is C120H88F4N2O2.